The summed E-state index contributed by atoms with van der Waals surface area (Å²) in [6, 6.07) is 19.2. The van der Waals surface area contributed by atoms with Crippen LogP contribution in [-0.2, 0) is 51.3 Å². The van der Waals surface area contributed by atoms with Crippen molar-refractivity contribution in [2.45, 2.75) is 115 Å². The van der Waals surface area contributed by atoms with E-state index in [1.807, 2.05) is 43.3 Å². The molecule has 0 radical (unpaired) electrons. The quantitative estimate of drug-likeness (QED) is 0.0601. The van der Waals surface area contributed by atoms with Gasteiger partial charge in [0.15, 0.2) is 17.2 Å². The molecule has 0 bridgehead atoms. The molecular weight excluding hydrogens is 1040 g/mol. The summed E-state index contributed by atoms with van der Waals surface area (Å²) in [7, 11) is 0. The first kappa shape index (κ1) is 58.8. The lowest BCUT2D eigenvalue weighted by molar-refractivity contribution is -0.210. The van der Waals surface area contributed by atoms with Crippen LogP contribution in [0.15, 0.2) is 96.6 Å². The molecule has 1 saturated heterocycles. The van der Waals surface area contributed by atoms with Gasteiger partial charge in [-0.2, -0.15) is 0 Å². The number of aliphatic carboxylic acids is 1. The highest BCUT2D eigenvalue weighted by atomic mass is 19.1. The second-order valence-corrected chi connectivity index (χ2v) is 22.5. The molecule has 5 amide bonds. The maximum Gasteiger partial charge on any atom is 0.411 e. The number of carbonyl (C=O) groups excluding carboxylic acids is 7. The minimum atomic E-state index is -2.27. The van der Waals surface area contributed by atoms with Crippen LogP contribution in [-0.4, -0.2) is 125 Å². The third-order valence-corrected chi connectivity index (χ3v) is 17.6. The van der Waals surface area contributed by atoms with Gasteiger partial charge in [0, 0.05) is 54.8 Å². The maximum atomic E-state index is 17.9. The number of Topliss-reactive ketones (excluding diaryl/α,β-unsaturated/α-hetero) is 1. The highest BCUT2D eigenvalue weighted by Gasteiger charge is 2.78. The topological polar surface area (TPSA) is 296 Å². The number of anilines is 3. The van der Waals surface area contributed by atoms with Gasteiger partial charge in [0.25, 0.3) is 0 Å². The molecular formula is C59H71F2N7O12. The molecule has 3 aromatic rings. The fraction of sp³-hybridized carbons (Fsp3) is 0.492. The fourth-order valence-electron chi connectivity index (χ4n) is 13.7. The van der Waals surface area contributed by atoms with Crippen molar-refractivity contribution in [3.63, 3.8) is 0 Å². The van der Waals surface area contributed by atoms with Crippen molar-refractivity contribution >= 4 is 64.3 Å². The Kier molecular flexibility index (Phi) is 17.8. The van der Waals surface area contributed by atoms with E-state index in [1.54, 1.807) is 43.3 Å². The van der Waals surface area contributed by atoms with Crippen LogP contribution in [0.2, 0.25) is 0 Å². The van der Waals surface area contributed by atoms with Crippen molar-refractivity contribution in [3.8, 4) is 0 Å². The first-order chi connectivity index (χ1) is 38.0. The Morgan fingerprint density at radius 2 is 1.57 bits per heavy atom. The summed E-state index contributed by atoms with van der Waals surface area (Å²) >= 11 is 0. The first-order valence-corrected chi connectivity index (χ1v) is 27.2. The van der Waals surface area contributed by atoms with Crippen molar-refractivity contribution in [2.75, 3.05) is 48.3 Å². The number of carbonyl (C=O) groups is 8. The molecule has 19 nitrogen and oxygen atoms in total. The maximum absolute atomic E-state index is 17.9. The number of benzene rings is 3. The number of nitrogens with two attached hydrogens (primary N) is 1. The molecule has 0 aromatic heterocycles. The third-order valence-electron chi connectivity index (χ3n) is 17.6. The number of carboxylic acid groups (broad SMARTS) is 1. The fourth-order valence-corrected chi connectivity index (χ4v) is 13.7. The van der Waals surface area contributed by atoms with E-state index in [4.69, 9.17) is 10.5 Å². The predicted molar refractivity (Wildman–Crippen MR) is 291 cm³/mol. The van der Waals surface area contributed by atoms with Crippen molar-refractivity contribution in [1.82, 2.24) is 16.0 Å². The summed E-state index contributed by atoms with van der Waals surface area (Å²) < 4.78 is 39.4. The van der Waals surface area contributed by atoms with Gasteiger partial charge in [-0.25, -0.2) is 13.6 Å². The van der Waals surface area contributed by atoms with Crippen LogP contribution in [0.1, 0.15) is 88.8 Å². The smallest absolute Gasteiger partial charge is 0.411 e. The third kappa shape index (κ3) is 11.8. The van der Waals surface area contributed by atoms with E-state index >= 15 is 8.78 Å². The number of nitrogens with one attached hydrogen (secondary N) is 5. The number of rotatable bonds is 22. The van der Waals surface area contributed by atoms with Crippen LogP contribution in [0.3, 0.4) is 0 Å². The number of unbranched alkanes of at least 4 members (excludes halogenated alkanes) is 1. The van der Waals surface area contributed by atoms with E-state index in [9.17, 15) is 53.7 Å². The van der Waals surface area contributed by atoms with Crippen LogP contribution in [0, 0.1) is 34.0 Å². The van der Waals surface area contributed by atoms with Crippen molar-refractivity contribution in [2.24, 2.45) is 39.7 Å². The number of amides is 5. The number of ether oxygens (including phenoxy) is 1. The van der Waals surface area contributed by atoms with Crippen LogP contribution < -0.4 is 37.2 Å². The van der Waals surface area contributed by atoms with Gasteiger partial charge in [0.1, 0.15) is 31.5 Å². The zero-order chi connectivity index (χ0) is 57.7. The van der Waals surface area contributed by atoms with Crippen molar-refractivity contribution < 1.29 is 67.2 Å². The number of alkyl halides is 2. The molecule has 11 atom stereocenters. The Morgan fingerprint density at radius 1 is 0.863 bits per heavy atom. The van der Waals surface area contributed by atoms with Crippen LogP contribution in [0.25, 0.3) is 0 Å². The lowest BCUT2D eigenvalue weighted by Crippen LogP contribution is -2.69. The second-order valence-electron chi connectivity index (χ2n) is 22.5. The number of aliphatic hydroxyl groups is 2. The number of aliphatic hydroxyl groups excluding tert-OH is 2. The van der Waals surface area contributed by atoms with Crippen molar-refractivity contribution in [1.29, 1.82) is 0 Å². The van der Waals surface area contributed by atoms with E-state index in [2.05, 4.69) is 31.5 Å². The standard InChI is InChI=1S/C59H71F2N7O12/c1-34(70)64-47(9-4-5-22-62)53(77)63-29-51(74)67-48(18-19-52(75)76)54(78)65-39-14-10-36(11-15-39)32-80-55(79)66-40-8-6-7-37(24-40)23-35-12-16-41(17-13-35)68-30-38-25-43-44-27-46(60)45-26-42(71)20-21-56(45,2)59(44,61)49(72)28-57(43,3)58(38,33-68)50(73)31-69/h6-8,10-17,20-21,24,26,38,43-44,46-49,69,72H,4-5,9,18-19,22-23,25,27-33,62H2,1-3H3,(H,63,77)(H,64,70)(H,65,78)(H,66,79)(H,67,74)(H,75,76)/t38-,43-,44-,46-,47-,48-,49-,56-,57-,58+,59-/m0/s1. The monoisotopic (exact) mass is 1110 g/mol. The Balaban J connectivity index is 0.827. The van der Waals surface area contributed by atoms with Crippen LogP contribution in [0.5, 0.6) is 0 Å². The molecule has 1 heterocycles. The SMILES string of the molecule is CC(=O)N[C@@H](CCCCN)C(=O)NCC(=O)N[C@@H](CCC(=O)O)C(=O)Nc1ccc(COC(=O)Nc2cccc(Cc3ccc(N4C[C@@H]5C[C@H]6[C@@H]7C[C@H](F)C8=CC(=O)C=C[C@]8(C)[C@@]7(F)[C@@H](O)C[C@]6(C)[C@]5(C(=O)CO)C4)cc3)c2)cc1. The zero-order valence-electron chi connectivity index (χ0n) is 45.1. The number of hydrogen-bond acceptors (Lipinski definition) is 13. The van der Waals surface area contributed by atoms with Gasteiger partial charge in [-0.1, -0.05) is 49.4 Å². The van der Waals surface area contributed by atoms with Gasteiger partial charge < -0.3 is 52.0 Å². The zero-order valence-corrected chi connectivity index (χ0v) is 45.1. The molecule has 3 saturated carbocycles. The Hall–Kier alpha value is -7.36. The summed E-state index contributed by atoms with van der Waals surface area (Å²) in [5.41, 5.74) is 3.73. The first-order valence-electron chi connectivity index (χ1n) is 27.2. The number of hydrogen-bond donors (Lipinski definition) is 9. The van der Waals surface area contributed by atoms with Gasteiger partial charge in [-0.05, 0) is 153 Å². The minimum absolute atomic E-state index is 0.0443. The summed E-state index contributed by atoms with van der Waals surface area (Å²) in [6.45, 7) is 4.42. The largest absolute Gasteiger partial charge is 0.481 e. The number of ketones is 2. The number of allylic oxidation sites excluding steroid dienone is 4. The number of nitrogens with zero attached hydrogens (tertiary/aromatic N) is 1. The Labute approximate surface area is 462 Å². The lowest BCUT2D eigenvalue weighted by atomic mass is 9.43. The molecule has 4 fully saturated rings. The average Bonchev–Trinajstić information content (AvgIpc) is 2.73. The molecule has 21 heteroatoms. The summed E-state index contributed by atoms with van der Waals surface area (Å²) in [5.74, 6) is -6.17. The molecule has 5 aliphatic rings. The summed E-state index contributed by atoms with van der Waals surface area (Å²) in [4.78, 5) is 103. The van der Waals surface area contributed by atoms with Gasteiger partial charge in [0.05, 0.1) is 18.1 Å². The molecule has 4 aliphatic carbocycles. The second kappa shape index (κ2) is 24.2. The molecule has 3 aromatic carbocycles. The molecule has 80 heavy (non-hydrogen) atoms. The van der Waals surface area contributed by atoms with Gasteiger partial charge >= 0.3 is 12.1 Å². The van der Waals surface area contributed by atoms with Crippen LogP contribution >= 0.6 is 0 Å². The summed E-state index contributed by atoms with van der Waals surface area (Å²) in [5, 5.41) is 44.5. The Bertz CT molecular complexity index is 2940. The molecule has 10 N–H and O–H groups in total. The van der Waals surface area contributed by atoms with E-state index in [-0.39, 0.29) is 49.7 Å². The van der Waals surface area contributed by atoms with E-state index in [1.165, 1.54) is 19.1 Å². The van der Waals surface area contributed by atoms with Crippen LogP contribution in [0.4, 0.5) is 30.6 Å². The molecule has 1 aliphatic heterocycles. The van der Waals surface area contributed by atoms with Gasteiger partial charge in [0.2, 0.25) is 23.6 Å². The number of halogens is 2. The average molecular weight is 1110 g/mol. The van der Waals surface area contributed by atoms with Gasteiger partial charge in [-0.15, -0.1) is 0 Å². The highest BCUT2D eigenvalue weighted by molar-refractivity contribution is 6.01. The van der Waals surface area contributed by atoms with Gasteiger partial charge in [-0.3, -0.25) is 38.9 Å². The minimum Gasteiger partial charge on any atom is -0.481 e. The predicted octanol–water partition coefficient (Wildman–Crippen LogP) is 4.98. The van der Waals surface area contributed by atoms with Crippen molar-refractivity contribution in [3.05, 3.63) is 113 Å². The highest BCUT2D eigenvalue weighted by Crippen LogP contribution is 2.74. The summed E-state index contributed by atoms with van der Waals surface area (Å²) in [6.07, 6.45) is 1.39. The molecule has 428 valence electrons. The van der Waals surface area contributed by atoms with E-state index < -0.39 is 119 Å². The molecule has 0 unspecified atom stereocenters. The lowest BCUT2D eigenvalue weighted by Gasteiger charge is -2.63. The number of fused-ring (bicyclic) bond motifs is 7. The number of carboxylic acids is 1. The Morgan fingerprint density at radius 3 is 2.26 bits per heavy atom. The normalized spacial score (nSPS) is 27.9. The van der Waals surface area contributed by atoms with E-state index in [0.717, 1.165) is 22.9 Å². The van der Waals surface area contributed by atoms with E-state index in [0.29, 0.717) is 62.1 Å². The molecule has 8 rings (SSSR count). The molecule has 0 spiro atoms.